The number of alkyl halides is 1. The number of amides is 1. The number of aromatic nitrogens is 4. The molecule has 0 saturated heterocycles. The van der Waals surface area contributed by atoms with Gasteiger partial charge in [0.15, 0.2) is 0 Å². The number of anilines is 1. The van der Waals surface area contributed by atoms with Crippen LogP contribution in [0, 0.1) is 6.92 Å². The molecule has 0 saturated carbocycles. The minimum atomic E-state index is -0.492. The van der Waals surface area contributed by atoms with E-state index in [-0.39, 0.29) is 12.5 Å². The van der Waals surface area contributed by atoms with Crippen LogP contribution < -0.4 is 5.32 Å². The summed E-state index contributed by atoms with van der Waals surface area (Å²) in [5.41, 5.74) is 2.96. The van der Waals surface area contributed by atoms with E-state index < -0.39 is 6.67 Å². The predicted molar refractivity (Wildman–Crippen MR) is 86.0 cm³/mol. The van der Waals surface area contributed by atoms with Gasteiger partial charge in [-0.2, -0.15) is 10.1 Å². The van der Waals surface area contributed by atoms with Gasteiger partial charge in [0.2, 0.25) is 11.7 Å². The molecule has 2 aromatic heterocycles. The van der Waals surface area contributed by atoms with Crippen LogP contribution in [0.4, 0.5) is 10.1 Å². The van der Waals surface area contributed by atoms with Crippen molar-refractivity contribution < 1.29 is 13.7 Å². The summed E-state index contributed by atoms with van der Waals surface area (Å²) in [7, 11) is 0. The summed E-state index contributed by atoms with van der Waals surface area (Å²) >= 11 is 0. The molecule has 3 aromatic rings. The zero-order valence-electron chi connectivity index (χ0n) is 13.3. The zero-order valence-corrected chi connectivity index (χ0v) is 13.3. The summed E-state index contributed by atoms with van der Waals surface area (Å²) < 4.78 is 19.1. The highest BCUT2D eigenvalue weighted by atomic mass is 19.1. The topological polar surface area (TPSA) is 85.8 Å². The Bertz CT molecular complexity index is 871. The monoisotopic (exact) mass is 329 g/mol. The second kappa shape index (κ2) is 6.61. The molecule has 24 heavy (non-hydrogen) atoms. The minimum absolute atomic E-state index is 0.151. The molecule has 7 nitrogen and oxygen atoms in total. The first-order valence-corrected chi connectivity index (χ1v) is 7.38. The number of halogens is 1. The van der Waals surface area contributed by atoms with Gasteiger partial charge in [-0.3, -0.25) is 9.48 Å². The van der Waals surface area contributed by atoms with Gasteiger partial charge in [0.05, 0.1) is 18.3 Å². The van der Waals surface area contributed by atoms with E-state index in [1.165, 1.54) is 11.6 Å². The van der Waals surface area contributed by atoms with E-state index in [2.05, 4.69) is 20.6 Å². The number of carbonyl (C=O) groups is 1. The van der Waals surface area contributed by atoms with Crippen LogP contribution >= 0.6 is 0 Å². The van der Waals surface area contributed by atoms with Gasteiger partial charge in [-0.05, 0) is 24.6 Å². The quantitative estimate of drug-likeness (QED) is 0.778. The number of hydrogen-bond acceptors (Lipinski definition) is 5. The van der Waals surface area contributed by atoms with E-state index >= 15 is 0 Å². The normalized spacial score (nSPS) is 10.8. The standard InChI is InChI=1S/C16H16FN5O2/c1-10-3-4-12(7-14(10)19-11(2)23)16-20-15(21-24-16)13-8-18-22(9-13)6-5-17/h3-4,7-9H,5-6H2,1-2H3,(H,19,23). The lowest BCUT2D eigenvalue weighted by Gasteiger charge is -2.07. The second-order valence-electron chi connectivity index (χ2n) is 5.32. The first-order chi connectivity index (χ1) is 11.6. The van der Waals surface area contributed by atoms with Gasteiger partial charge in [-0.25, -0.2) is 4.39 Å². The van der Waals surface area contributed by atoms with Crippen molar-refractivity contribution in [3.05, 3.63) is 36.2 Å². The zero-order chi connectivity index (χ0) is 17.1. The van der Waals surface area contributed by atoms with E-state index in [9.17, 15) is 9.18 Å². The van der Waals surface area contributed by atoms with Crippen LogP contribution in [0.2, 0.25) is 0 Å². The molecule has 0 aliphatic carbocycles. The van der Waals surface area contributed by atoms with Crippen LogP contribution in [0.1, 0.15) is 12.5 Å². The maximum Gasteiger partial charge on any atom is 0.258 e. The third kappa shape index (κ3) is 3.32. The van der Waals surface area contributed by atoms with E-state index in [1.54, 1.807) is 18.5 Å². The van der Waals surface area contributed by atoms with Crippen LogP contribution in [0.3, 0.4) is 0 Å². The summed E-state index contributed by atoms with van der Waals surface area (Å²) in [5.74, 6) is 0.549. The molecule has 0 atom stereocenters. The van der Waals surface area contributed by atoms with Crippen LogP contribution in [-0.4, -0.2) is 32.5 Å². The molecule has 0 unspecified atom stereocenters. The SMILES string of the molecule is CC(=O)Nc1cc(-c2nc(-c3cnn(CCF)c3)no2)ccc1C. The smallest absolute Gasteiger partial charge is 0.258 e. The Kier molecular flexibility index (Phi) is 4.37. The fraction of sp³-hybridized carbons (Fsp3) is 0.250. The molecule has 124 valence electrons. The van der Waals surface area contributed by atoms with Crippen molar-refractivity contribution in [1.82, 2.24) is 19.9 Å². The summed E-state index contributed by atoms with van der Waals surface area (Å²) in [6, 6.07) is 5.48. The Morgan fingerprint density at radius 3 is 2.96 bits per heavy atom. The first-order valence-electron chi connectivity index (χ1n) is 7.38. The molecule has 0 radical (unpaired) electrons. The van der Waals surface area contributed by atoms with Gasteiger partial charge < -0.3 is 9.84 Å². The third-order valence-electron chi connectivity index (χ3n) is 3.43. The molecule has 2 heterocycles. The minimum Gasteiger partial charge on any atom is -0.334 e. The van der Waals surface area contributed by atoms with Crippen LogP contribution in [0.25, 0.3) is 22.8 Å². The van der Waals surface area contributed by atoms with Crippen molar-refractivity contribution in [1.29, 1.82) is 0 Å². The average Bonchev–Trinajstić information content (AvgIpc) is 3.18. The molecule has 0 spiro atoms. The molecule has 1 N–H and O–H groups in total. The lowest BCUT2D eigenvalue weighted by atomic mass is 10.1. The lowest BCUT2D eigenvalue weighted by Crippen LogP contribution is -2.07. The summed E-state index contributed by atoms with van der Waals surface area (Å²) in [6.07, 6.45) is 3.22. The Balaban J connectivity index is 1.88. The molecule has 0 aliphatic heterocycles. The number of nitrogens with zero attached hydrogens (tertiary/aromatic N) is 4. The molecule has 0 bridgehead atoms. The second-order valence-corrected chi connectivity index (χ2v) is 5.32. The van der Waals surface area contributed by atoms with E-state index in [4.69, 9.17) is 4.52 Å². The van der Waals surface area contributed by atoms with Crippen LogP contribution in [-0.2, 0) is 11.3 Å². The van der Waals surface area contributed by atoms with E-state index in [0.717, 1.165) is 5.56 Å². The number of aryl methyl sites for hydroxylation is 2. The highest BCUT2D eigenvalue weighted by Crippen LogP contribution is 2.26. The van der Waals surface area contributed by atoms with Crippen molar-refractivity contribution in [2.75, 3.05) is 12.0 Å². The van der Waals surface area contributed by atoms with Gasteiger partial charge in [0.25, 0.3) is 5.89 Å². The predicted octanol–water partition coefficient (Wildman–Crippen LogP) is 2.84. The molecule has 0 aliphatic rings. The number of hydrogen-bond donors (Lipinski definition) is 1. The Hall–Kier alpha value is -3.03. The average molecular weight is 329 g/mol. The highest BCUT2D eigenvalue weighted by molar-refractivity contribution is 5.90. The van der Waals surface area contributed by atoms with E-state index in [0.29, 0.717) is 28.5 Å². The maximum atomic E-state index is 12.3. The largest absolute Gasteiger partial charge is 0.334 e. The Morgan fingerprint density at radius 2 is 2.21 bits per heavy atom. The number of carbonyl (C=O) groups excluding carboxylic acids is 1. The summed E-state index contributed by atoms with van der Waals surface area (Å²) in [6.45, 7) is 3.04. The van der Waals surface area contributed by atoms with Gasteiger partial charge in [-0.15, -0.1) is 0 Å². The molecule has 8 heteroatoms. The fourth-order valence-corrected chi connectivity index (χ4v) is 2.23. The molecular weight excluding hydrogens is 313 g/mol. The first kappa shape index (κ1) is 15.9. The van der Waals surface area contributed by atoms with Crippen molar-refractivity contribution in [2.24, 2.45) is 0 Å². The Morgan fingerprint density at radius 1 is 1.38 bits per heavy atom. The van der Waals surface area contributed by atoms with Gasteiger partial charge in [-0.1, -0.05) is 11.2 Å². The van der Waals surface area contributed by atoms with Gasteiger partial charge in [0, 0.05) is 24.4 Å². The van der Waals surface area contributed by atoms with Crippen LogP contribution in [0.15, 0.2) is 35.1 Å². The summed E-state index contributed by atoms with van der Waals surface area (Å²) in [4.78, 5) is 15.6. The molecule has 3 rings (SSSR count). The fourth-order valence-electron chi connectivity index (χ4n) is 2.23. The molecule has 1 amide bonds. The van der Waals surface area contributed by atoms with Gasteiger partial charge in [0.1, 0.15) is 6.67 Å². The van der Waals surface area contributed by atoms with Gasteiger partial charge >= 0.3 is 0 Å². The highest BCUT2D eigenvalue weighted by Gasteiger charge is 2.13. The Labute approximate surface area is 137 Å². The summed E-state index contributed by atoms with van der Waals surface area (Å²) in [5, 5.41) is 10.7. The van der Waals surface area contributed by atoms with Crippen molar-refractivity contribution >= 4 is 11.6 Å². The van der Waals surface area contributed by atoms with Crippen molar-refractivity contribution in [3.8, 4) is 22.8 Å². The number of nitrogens with one attached hydrogen (secondary N) is 1. The third-order valence-corrected chi connectivity index (χ3v) is 3.43. The van der Waals surface area contributed by atoms with Crippen LogP contribution in [0.5, 0.6) is 0 Å². The van der Waals surface area contributed by atoms with E-state index in [1.807, 2.05) is 19.1 Å². The lowest BCUT2D eigenvalue weighted by molar-refractivity contribution is -0.114. The number of rotatable bonds is 5. The van der Waals surface area contributed by atoms with Crippen molar-refractivity contribution in [3.63, 3.8) is 0 Å². The molecule has 0 fully saturated rings. The molecule has 1 aromatic carbocycles. The van der Waals surface area contributed by atoms with Crippen molar-refractivity contribution in [2.45, 2.75) is 20.4 Å². The number of benzene rings is 1. The maximum absolute atomic E-state index is 12.3. The molecular formula is C16H16FN5O2.